The molecule has 0 amide bonds. The molecule has 0 aliphatic rings. The van der Waals surface area contributed by atoms with Crippen molar-refractivity contribution in [2.45, 2.75) is 19.8 Å². The van der Waals surface area contributed by atoms with Gasteiger partial charge in [0.2, 0.25) is 0 Å². The van der Waals surface area contributed by atoms with Gasteiger partial charge in [0.25, 0.3) is 0 Å². The zero-order valence-electron chi connectivity index (χ0n) is 9.89. The molecule has 0 aliphatic heterocycles. The fourth-order valence-electron chi connectivity index (χ4n) is 1.68. The number of rotatable bonds is 4. The van der Waals surface area contributed by atoms with Gasteiger partial charge in [-0.15, -0.1) is 0 Å². The molecule has 17 heavy (non-hydrogen) atoms. The first-order valence-corrected chi connectivity index (χ1v) is 5.74. The molecule has 0 unspecified atom stereocenters. The molecule has 0 N–H and O–H groups in total. The fourth-order valence-corrected chi connectivity index (χ4v) is 1.68. The fraction of sp³-hybridized carbons (Fsp3) is 0.200. The summed E-state index contributed by atoms with van der Waals surface area (Å²) >= 11 is 0. The molecule has 2 rings (SSSR count). The topological polar surface area (TPSA) is 30.0 Å². The molecule has 1 heterocycles. The number of aryl methyl sites for hydroxylation is 2. The number of aromatic nitrogens is 1. The summed E-state index contributed by atoms with van der Waals surface area (Å²) in [7, 11) is 0. The second-order valence-electron chi connectivity index (χ2n) is 4.15. The second-order valence-corrected chi connectivity index (χ2v) is 4.15. The normalized spacial score (nSPS) is 10.2. The highest BCUT2D eigenvalue weighted by atomic mass is 16.1. The van der Waals surface area contributed by atoms with Crippen molar-refractivity contribution in [3.05, 3.63) is 65.5 Å². The quantitative estimate of drug-likeness (QED) is 0.748. The molecule has 0 saturated carbocycles. The maximum atomic E-state index is 11.8. The Morgan fingerprint density at radius 2 is 1.94 bits per heavy atom. The van der Waals surface area contributed by atoms with Gasteiger partial charge in [0, 0.05) is 24.4 Å². The van der Waals surface area contributed by atoms with E-state index in [0.717, 1.165) is 6.42 Å². The van der Waals surface area contributed by atoms with Crippen LogP contribution in [-0.4, -0.2) is 10.8 Å². The molecular formula is C15H15NO. The van der Waals surface area contributed by atoms with Crippen molar-refractivity contribution >= 4 is 5.78 Å². The molecule has 0 radical (unpaired) electrons. The van der Waals surface area contributed by atoms with Crippen LogP contribution in [0.4, 0.5) is 0 Å². The van der Waals surface area contributed by atoms with Crippen LogP contribution >= 0.6 is 0 Å². The maximum absolute atomic E-state index is 11.8. The number of carbonyl (C=O) groups excluding carboxylic acids is 1. The van der Waals surface area contributed by atoms with E-state index in [-0.39, 0.29) is 5.78 Å². The molecule has 0 bridgehead atoms. The van der Waals surface area contributed by atoms with E-state index in [9.17, 15) is 4.79 Å². The summed E-state index contributed by atoms with van der Waals surface area (Å²) in [5.41, 5.74) is 3.14. The van der Waals surface area contributed by atoms with Crippen molar-refractivity contribution in [3.63, 3.8) is 0 Å². The Morgan fingerprint density at radius 1 is 1.18 bits per heavy atom. The van der Waals surface area contributed by atoms with E-state index in [0.29, 0.717) is 12.0 Å². The zero-order valence-corrected chi connectivity index (χ0v) is 9.89. The minimum Gasteiger partial charge on any atom is -0.294 e. The first-order chi connectivity index (χ1) is 8.25. The number of hydrogen-bond donors (Lipinski definition) is 0. The third-order valence-electron chi connectivity index (χ3n) is 2.74. The van der Waals surface area contributed by atoms with Gasteiger partial charge < -0.3 is 0 Å². The van der Waals surface area contributed by atoms with E-state index in [1.807, 2.05) is 6.07 Å². The predicted molar refractivity (Wildman–Crippen MR) is 68.1 cm³/mol. The van der Waals surface area contributed by atoms with Gasteiger partial charge in [-0.3, -0.25) is 9.78 Å². The number of ketones is 1. The van der Waals surface area contributed by atoms with Gasteiger partial charge in [-0.1, -0.05) is 29.8 Å². The molecule has 0 saturated heterocycles. The largest absolute Gasteiger partial charge is 0.294 e. The third-order valence-corrected chi connectivity index (χ3v) is 2.74. The summed E-state index contributed by atoms with van der Waals surface area (Å²) in [6, 6.07) is 11.9. The Balaban J connectivity index is 1.95. The number of Topliss-reactive ketones (excluding diaryl/α,β-unsaturated/α-hetero) is 1. The Morgan fingerprint density at radius 3 is 2.59 bits per heavy atom. The molecule has 0 fully saturated rings. The van der Waals surface area contributed by atoms with E-state index in [1.54, 1.807) is 18.5 Å². The van der Waals surface area contributed by atoms with Crippen molar-refractivity contribution in [2.24, 2.45) is 0 Å². The van der Waals surface area contributed by atoms with Crippen molar-refractivity contribution in [1.82, 2.24) is 4.98 Å². The van der Waals surface area contributed by atoms with Gasteiger partial charge in [-0.05, 0) is 31.0 Å². The van der Waals surface area contributed by atoms with Gasteiger partial charge in [-0.2, -0.15) is 0 Å². The van der Waals surface area contributed by atoms with Gasteiger partial charge >= 0.3 is 0 Å². The van der Waals surface area contributed by atoms with Crippen molar-refractivity contribution < 1.29 is 4.79 Å². The third kappa shape index (κ3) is 3.25. The SMILES string of the molecule is Cc1ccc(CCC(=O)c2cccnc2)cc1. The highest BCUT2D eigenvalue weighted by molar-refractivity contribution is 5.95. The molecule has 2 nitrogen and oxygen atoms in total. The van der Waals surface area contributed by atoms with Crippen LogP contribution in [0.3, 0.4) is 0 Å². The number of carbonyl (C=O) groups is 1. The molecule has 2 aromatic rings. The minimum absolute atomic E-state index is 0.152. The van der Waals surface area contributed by atoms with E-state index >= 15 is 0 Å². The monoisotopic (exact) mass is 225 g/mol. The van der Waals surface area contributed by atoms with Crippen molar-refractivity contribution in [2.75, 3.05) is 0 Å². The van der Waals surface area contributed by atoms with Gasteiger partial charge in [0.05, 0.1) is 0 Å². The molecule has 0 atom stereocenters. The Bertz CT molecular complexity index is 488. The average Bonchev–Trinajstić information content (AvgIpc) is 2.39. The summed E-state index contributed by atoms with van der Waals surface area (Å²) in [6.07, 6.45) is 4.62. The van der Waals surface area contributed by atoms with Crippen LogP contribution < -0.4 is 0 Å². The van der Waals surface area contributed by atoms with Crippen LogP contribution in [0.1, 0.15) is 27.9 Å². The average molecular weight is 225 g/mol. The van der Waals surface area contributed by atoms with Crippen LogP contribution in [0.2, 0.25) is 0 Å². The van der Waals surface area contributed by atoms with Crippen molar-refractivity contribution in [3.8, 4) is 0 Å². The highest BCUT2D eigenvalue weighted by Gasteiger charge is 2.05. The van der Waals surface area contributed by atoms with Crippen LogP contribution in [0.15, 0.2) is 48.8 Å². The van der Waals surface area contributed by atoms with Crippen LogP contribution in [0.5, 0.6) is 0 Å². The van der Waals surface area contributed by atoms with Crippen molar-refractivity contribution in [1.29, 1.82) is 0 Å². The highest BCUT2D eigenvalue weighted by Crippen LogP contribution is 2.09. The van der Waals surface area contributed by atoms with Gasteiger partial charge in [0.1, 0.15) is 0 Å². The molecule has 1 aromatic carbocycles. The van der Waals surface area contributed by atoms with E-state index in [4.69, 9.17) is 0 Å². The summed E-state index contributed by atoms with van der Waals surface area (Å²) in [5.74, 6) is 0.152. The number of pyridine rings is 1. The van der Waals surface area contributed by atoms with Crippen LogP contribution in [0.25, 0.3) is 0 Å². The Labute approximate surface area is 101 Å². The maximum Gasteiger partial charge on any atom is 0.164 e. The minimum atomic E-state index is 0.152. The van der Waals surface area contributed by atoms with Gasteiger partial charge in [-0.25, -0.2) is 0 Å². The van der Waals surface area contributed by atoms with E-state index in [1.165, 1.54) is 11.1 Å². The lowest BCUT2D eigenvalue weighted by Crippen LogP contribution is -2.01. The van der Waals surface area contributed by atoms with Crippen LogP contribution in [-0.2, 0) is 6.42 Å². The summed E-state index contributed by atoms with van der Waals surface area (Å²) < 4.78 is 0. The lowest BCUT2D eigenvalue weighted by Gasteiger charge is -2.02. The second kappa shape index (κ2) is 5.39. The zero-order chi connectivity index (χ0) is 12.1. The summed E-state index contributed by atoms with van der Waals surface area (Å²) in [6.45, 7) is 2.06. The first-order valence-electron chi connectivity index (χ1n) is 5.74. The molecule has 86 valence electrons. The first kappa shape index (κ1) is 11.5. The smallest absolute Gasteiger partial charge is 0.164 e. The van der Waals surface area contributed by atoms with Crippen LogP contribution in [0, 0.1) is 6.92 Å². The molecule has 2 heteroatoms. The number of hydrogen-bond acceptors (Lipinski definition) is 2. The van der Waals surface area contributed by atoms with E-state index in [2.05, 4.69) is 36.2 Å². The number of nitrogens with zero attached hydrogens (tertiary/aromatic N) is 1. The van der Waals surface area contributed by atoms with E-state index < -0.39 is 0 Å². The predicted octanol–water partition coefficient (Wildman–Crippen LogP) is 3.21. The molecular weight excluding hydrogens is 210 g/mol. The molecule has 0 spiro atoms. The van der Waals surface area contributed by atoms with Gasteiger partial charge in [0.15, 0.2) is 5.78 Å². The summed E-state index contributed by atoms with van der Waals surface area (Å²) in [5, 5.41) is 0. The lowest BCUT2D eigenvalue weighted by atomic mass is 10.0. The lowest BCUT2D eigenvalue weighted by molar-refractivity contribution is 0.0982. The Hall–Kier alpha value is -1.96. The summed E-state index contributed by atoms with van der Waals surface area (Å²) in [4.78, 5) is 15.8. The Kier molecular flexibility index (Phi) is 3.66. The number of benzene rings is 1. The molecule has 1 aromatic heterocycles. The standard InChI is InChI=1S/C15H15NO/c1-12-4-6-13(7-5-12)8-9-15(17)14-3-2-10-16-11-14/h2-7,10-11H,8-9H2,1H3. The molecule has 0 aliphatic carbocycles.